The summed E-state index contributed by atoms with van der Waals surface area (Å²) in [5.74, 6) is 0.728. The smallest absolute Gasteiger partial charge is 0.411 e. The van der Waals surface area contributed by atoms with Crippen molar-refractivity contribution < 1.29 is 19.0 Å². The molecule has 3 aromatic rings. The van der Waals surface area contributed by atoms with Crippen LogP contribution < -0.4 is 10.2 Å². The number of amides is 1. The summed E-state index contributed by atoms with van der Waals surface area (Å²) in [6, 6.07) is 8.15. The molecule has 2 bridgehead atoms. The Morgan fingerprint density at radius 3 is 2.59 bits per heavy atom. The van der Waals surface area contributed by atoms with E-state index in [1.165, 1.54) is 7.11 Å². The monoisotopic (exact) mass is 464 g/mol. The number of benzene rings is 1. The standard InChI is InChI=1S/C24H28N6O4/c1-32-24(31)26-16-4-2-15(3-5-16)21-20-12-25-30(17-8-10-33-11-9-17)22(20)28-23(27-21)29-13-19-7-6-18(29)14-34-19/h2-5,12,17-19H,6-11,13-14H2,1H3,(H,26,31). The van der Waals surface area contributed by atoms with Gasteiger partial charge in [-0.3, -0.25) is 5.32 Å². The van der Waals surface area contributed by atoms with Gasteiger partial charge in [-0.05, 0) is 37.8 Å². The van der Waals surface area contributed by atoms with Crippen molar-refractivity contribution in [3.63, 3.8) is 0 Å². The first-order chi connectivity index (χ1) is 16.7. The molecule has 1 amide bonds. The first-order valence-corrected chi connectivity index (χ1v) is 11.9. The van der Waals surface area contributed by atoms with E-state index in [1.54, 1.807) is 0 Å². The predicted octanol–water partition coefficient (Wildman–Crippen LogP) is 3.39. The topological polar surface area (TPSA) is 104 Å². The lowest BCUT2D eigenvalue weighted by Gasteiger charge is -2.45. The Morgan fingerprint density at radius 2 is 1.91 bits per heavy atom. The minimum atomic E-state index is -0.500. The number of ether oxygens (including phenoxy) is 3. The molecule has 1 N–H and O–H groups in total. The van der Waals surface area contributed by atoms with E-state index >= 15 is 0 Å². The number of rotatable bonds is 4. The van der Waals surface area contributed by atoms with Crippen molar-refractivity contribution in [3.8, 4) is 11.3 Å². The predicted molar refractivity (Wildman–Crippen MR) is 126 cm³/mol. The van der Waals surface area contributed by atoms with Gasteiger partial charge < -0.3 is 19.1 Å². The van der Waals surface area contributed by atoms with E-state index in [9.17, 15) is 4.79 Å². The maximum Gasteiger partial charge on any atom is 0.411 e. The van der Waals surface area contributed by atoms with E-state index in [2.05, 4.69) is 19.6 Å². The average Bonchev–Trinajstić information content (AvgIpc) is 3.34. The minimum Gasteiger partial charge on any atom is -0.453 e. The molecule has 4 fully saturated rings. The zero-order valence-corrected chi connectivity index (χ0v) is 19.1. The summed E-state index contributed by atoms with van der Waals surface area (Å²) in [4.78, 5) is 24.0. The average molecular weight is 465 g/mol. The van der Waals surface area contributed by atoms with Gasteiger partial charge in [0.2, 0.25) is 5.95 Å². The number of hydrogen-bond donors (Lipinski definition) is 1. The van der Waals surface area contributed by atoms with Crippen LogP contribution in [0.2, 0.25) is 0 Å². The number of fused-ring (bicyclic) bond motifs is 4. The summed E-state index contributed by atoms with van der Waals surface area (Å²) in [6.07, 6.45) is 5.62. The van der Waals surface area contributed by atoms with Crippen LogP contribution >= 0.6 is 0 Å². The van der Waals surface area contributed by atoms with E-state index in [0.29, 0.717) is 18.3 Å². The molecule has 0 radical (unpaired) electrons. The van der Waals surface area contributed by atoms with E-state index in [-0.39, 0.29) is 12.1 Å². The largest absolute Gasteiger partial charge is 0.453 e. The van der Waals surface area contributed by atoms with Gasteiger partial charge in [-0.2, -0.15) is 10.1 Å². The van der Waals surface area contributed by atoms with Crippen LogP contribution in [0, 0.1) is 0 Å². The number of aromatic nitrogens is 4. The highest BCUT2D eigenvalue weighted by atomic mass is 16.5. The Balaban J connectivity index is 1.43. The van der Waals surface area contributed by atoms with Crippen LogP contribution in [0.4, 0.5) is 16.4 Å². The van der Waals surface area contributed by atoms with Gasteiger partial charge in [-0.1, -0.05) is 12.1 Å². The molecule has 0 spiro atoms. The Hall–Kier alpha value is -3.24. The number of anilines is 2. The fourth-order valence-electron chi connectivity index (χ4n) is 5.14. The molecule has 0 saturated carbocycles. The molecule has 10 nitrogen and oxygen atoms in total. The van der Waals surface area contributed by atoms with E-state index in [0.717, 1.165) is 73.7 Å². The van der Waals surface area contributed by atoms with Crippen LogP contribution in [-0.2, 0) is 14.2 Å². The Kier molecular flexibility index (Phi) is 5.54. The van der Waals surface area contributed by atoms with Crippen LogP contribution in [0.3, 0.4) is 0 Å². The van der Waals surface area contributed by atoms with Gasteiger partial charge in [-0.25, -0.2) is 14.5 Å². The van der Waals surface area contributed by atoms with E-state index < -0.39 is 6.09 Å². The molecule has 2 atom stereocenters. The lowest BCUT2D eigenvalue weighted by atomic mass is 9.97. The summed E-state index contributed by atoms with van der Waals surface area (Å²) in [5, 5.41) is 8.36. The maximum absolute atomic E-state index is 11.6. The summed E-state index contributed by atoms with van der Waals surface area (Å²) in [7, 11) is 1.34. The van der Waals surface area contributed by atoms with Crippen molar-refractivity contribution in [3.05, 3.63) is 30.5 Å². The van der Waals surface area contributed by atoms with Gasteiger partial charge in [0.05, 0.1) is 49.2 Å². The Bertz CT molecular complexity index is 1180. The van der Waals surface area contributed by atoms with Gasteiger partial charge in [-0.15, -0.1) is 0 Å². The molecule has 1 aromatic carbocycles. The van der Waals surface area contributed by atoms with Crippen molar-refractivity contribution in [2.24, 2.45) is 0 Å². The van der Waals surface area contributed by atoms with E-state index in [4.69, 9.17) is 24.5 Å². The summed E-state index contributed by atoms with van der Waals surface area (Å²) in [5.41, 5.74) is 3.29. The number of nitrogens with zero attached hydrogens (tertiary/aromatic N) is 5. The van der Waals surface area contributed by atoms with Crippen molar-refractivity contribution >= 4 is 28.8 Å². The minimum absolute atomic E-state index is 0.233. The number of hydrogen-bond acceptors (Lipinski definition) is 8. The molecular weight excluding hydrogens is 436 g/mol. The Morgan fingerprint density at radius 1 is 1.09 bits per heavy atom. The third-order valence-corrected chi connectivity index (χ3v) is 7.01. The molecule has 2 unspecified atom stereocenters. The maximum atomic E-state index is 11.6. The normalized spacial score (nSPS) is 22.8. The lowest BCUT2D eigenvalue weighted by Crippen LogP contribution is -2.55. The number of morpholine rings is 1. The van der Waals surface area contributed by atoms with Gasteiger partial charge in [0.25, 0.3) is 0 Å². The summed E-state index contributed by atoms with van der Waals surface area (Å²) < 4.78 is 18.2. The molecule has 4 aliphatic rings. The second-order valence-corrected chi connectivity index (χ2v) is 9.07. The highest BCUT2D eigenvalue weighted by Gasteiger charge is 2.36. The first-order valence-electron chi connectivity index (χ1n) is 11.9. The lowest BCUT2D eigenvalue weighted by molar-refractivity contribution is -0.0232. The second kappa shape index (κ2) is 8.84. The van der Waals surface area contributed by atoms with Gasteiger partial charge in [0.1, 0.15) is 0 Å². The highest BCUT2D eigenvalue weighted by molar-refractivity contribution is 5.92. The molecule has 10 heteroatoms. The van der Waals surface area contributed by atoms with Gasteiger partial charge in [0, 0.05) is 31.0 Å². The van der Waals surface area contributed by atoms with Crippen molar-refractivity contribution in [1.29, 1.82) is 0 Å². The number of carbonyl (C=O) groups is 1. The van der Waals surface area contributed by atoms with Crippen molar-refractivity contribution in [1.82, 2.24) is 19.7 Å². The zero-order chi connectivity index (χ0) is 23.1. The fourth-order valence-corrected chi connectivity index (χ4v) is 5.14. The van der Waals surface area contributed by atoms with Crippen molar-refractivity contribution in [2.75, 3.05) is 43.7 Å². The molecule has 0 aliphatic carbocycles. The second-order valence-electron chi connectivity index (χ2n) is 9.07. The molecule has 178 valence electrons. The van der Waals surface area contributed by atoms with Gasteiger partial charge in [0.15, 0.2) is 5.65 Å². The summed E-state index contributed by atoms with van der Waals surface area (Å²) >= 11 is 0. The Labute approximate surface area is 197 Å². The van der Waals surface area contributed by atoms with Crippen LogP contribution in [-0.4, -0.2) is 71.5 Å². The van der Waals surface area contributed by atoms with E-state index in [1.807, 2.05) is 30.5 Å². The number of methoxy groups -OCH3 is 1. The van der Waals surface area contributed by atoms with Crippen LogP contribution in [0.1, 0.15) is 31.7 Å². The molecule has 34 heavy (non-hydrogen) atoms. The SMILES string of the molecule is COC(=O)Nc1ccc(-c2nc(N3CC4CCC3CO4)nc3c2cnn3C2CCOCC2)cc1. The van der Waals surface area contributed by atoms with Crippen molar-refractivity contribution in [2.45, 2.75) is 43.9 Å². The zero-order valence-electron chi connectivity index (χ0n) is 19.1. The third kappa shape index (κ3) is 3.86. The molecule has 6 heterocycles. The molecule has 2 aromatic heterocycles. The molecule has 4 saturated heterocycles. The quantitative estimate of drug-likeness (QED) is 0.627. The van der Waals surface area contributed by atoms with Crippen LogP contribution in [0.25, 0.3) is 22.3 Å². The van der Waals surface area contributed by atoms with Gasteiger partial charge >= 0.3 is 6.09 Å². The number of carbonyl (C=O) groups excluding carboxylic acids is 1. The van der Waals surface area contributed by atoms with Crippen LogP contribution in [0.5, 0.6) is 0 Å². The third-order valence-electron chi connectivity index (χ3n) is 7.01. The fraction of sp³-hybridized carbons (Fsp3) is 0.500. The number of piperidine rings is 1. The number of nitrogens with one attached hydrogen (secondary N) is 1. The molecule has 7 rings (SSSR count). The first kappa shape index (κ1) is 21.3. The molecular formula is C24H28N6O4. The van der Waals surface area contributed by atoms with Crippen LogP contribution in [0.15, 0.2) is 30.5 Å². The summed E-state index contributed by atoms with van der Waals surface area (Å²) in [6.45, 7) is 2.99. The molecule has 4 aliphatic heterocycles. The highest BCUT2D eigenvalue weighted by Crippen LogP contribution is 2.35.